The van der Waals surface area contributed by atoms with Crippen LogP contribution in [0.3, 0.4) is 0 Å². The van der Waals surface area contributed by atoms with E-state index in [-0.39, 0.29) is 11.9 Å². The largest absolute Gasteiger partial charge is 0.355 e. The van der Waals surface area contributed by atoms with E-state index in [1.54, 1.807) is 19.2 Å². The van der Waals surface area contributed by atoms with Crippen molar-refractivity contribution in [2.24, 2.45) is 4.99 Å². The first kappa shape index (κ1) is 17.1. The Hall–Kier alpha value is -3.38. The zero-order chi connectivity index (χ0) is 18.8. The average Bonchev–Trinajstić information content (AvgIpc) is 3.09. The summed E-state index contributed by atoms with van der Waals surface area (Å²) in [6.07, 6.45) is 4.11. The van der Waals surface area contributed by atoms with Crippen LogP contribution >= 0.6 is 0 Å². The molecule has 0 aliphatic carbocycles. The molecule has 2 aromatic rings. The van der Waals surface area contributed by atoms with Gasteiger partial charge in [-0.1, -0.05) is 30.3 Å². The predicted octanol–water partition coefficient (Wildman–Crippen LogP) is 2.85. The van der Waals surface area contributed by atoms with Crippen LogP contribution in [0.15, 0.2) is 83.4 Å². The van der Waals surface area contributed by atoms with Gasteiger partial charge in [-0.05, 0) is 37.3 Å². The molecular formula is C21H21N5O. The molecule has 0 saturated heterocycles. The maximum Gasteiger partial charge on any atom is 0.251 e. The summed E-state index contributed by atoms with van der Waals surface area (Å²) in [6.45, 7) is 2.08. The van der Waals surface area contributed by atoms with Crippen LogP contribution < -0.4 is 16.1 Å². The minimum atomic E-state index is -0.0998. The molecule has 6 nitrogen and oxygen atoms in total. The van der Waals surface area contributed by atoms with Gasteiger partial charge in [0.2, 0.25) is 0 Å². The number of allylic oxidation sites excluding steroid dienone is 1. The molecule has 2 aromatic carbocycles. The maximum absolute atomic E-state index is 11.7. The highest BCUT2D eigenvalue weighted by Crippen LogP contribution is 2.26. The molecule has 0 fully saturated rings. The van der Waals surface area contributed by atoms with E-state index >= 15 is 0 Å². The van der Waals surface area contributed by atoms with Crippen molar-refractivity contribution in [1.29, 1.82) is 0 Å². The van der Waals surface area contributed by atoms with Crippen LogP contribution in [0.25, 0.3) is 0 Å². The molecule has 6 heteroatoms. The lowest BCUT2D eigenvalue weighted by atomic mass is 10.1. The van der Waals surface area contributed by atoms with Gasteiger partial charge >= 0.3 is 0 Å². The minimum Gasteiger partial charge on any atom is -0.355 e. The Morgan fingerprint density at radius 2 is 1.85 bits per heavy atom. The summed E-state index contributed by atoms with van der Waals surface area (Å²) < 4.78 is 0. The molecule has 2 aliphatic heterocycles. The Kier molecular flexibility index (Phi) is 4.48. The van der Waals surface area contributed by atoms with Gasteiger partial charge in [-0.3, -0.25) is 4.79 Å². The van der Waals surface area contributed by atoms with Gasteiger partial charge in [0.1, 0.15) is 11.6 Å². The third kappa shape index (κ3) is 3.47. The highest BCUT2D eigenvalue weighted by Gasteiger charge is 2.27. The van der Waals surface area contributed by atoms with Crippen LogP contribution in [-0.4, -0.2) is 29.7 Å². The first-order chi connectivity index (χ1) is 13.1. The summed E-state index contributed by atoms with van der Waals surface area (Å²) >= 11 is 0. The fraction of sp³-hybridized carbons (Fsp3) is 0.143. The van der Waals surface area contributed by atoms with Crippen molar-refractivity contribution in [1.82, 2.24) is 15.8 Å². The molecule has 1 unspecified atom stereocenters. The van der Waals surface area contributed by atoms with Crippen LogP contribution in [0.2, 0.25) is 0 Å². The number of nitrogens with one attached hydrogen (secondary N) is 3. The fourth-order valence-corrected chi connectivity index (χ4v) is 3.08. The van der Waals surface area contributed by atoms with Crippen molar-refractivity contribution in [3.63, 3.8) is 0 Å². The third-order valence-electron chi connectivity index (χ3n) is 4.43. The second-order valence-electron chi connectivity index (χ2n) is 6.45. The van der Waals surface area contributed by atoms with E-state index in [4.69, 9.17) is 4.99 Å². The van der Waals surface area contributed by atoms with Crippen LogP contribution in [0.4, 0.5) is 5.69 Å². The SMILES string of the molecule is CNC(=O)c1ccc(NC2=CC(c3ccccc3)=NC3=CC(C)NN32)cc1. The maximum atomic E-state index is 11.7. The number of aliphatic imine (C=N–C) groups is 1. The number of benzene rings is 2. The number of carbonyl (C=O) groups excluding carboxylic acids is 1. The van der Waals surface area contributed by atoms with Gasteiger partial charge in [0.05, 0.1) is 5.71 Å². The Morgan fingerprint density at radius 3 is 2.56 bits per heavy atom. The van der Waals surface area contributed by atoms with Crippen molar-refractivity contribution in [3.05, 3.63) is 89.5 Å². The molecule has 136 valence electrons. The smallest absolute Gasteiger partial charge is 0.251 e. The van der Waals surface area contributed by atoms with Gasteiger partial charge in [-0.25, -0.2) is 15.4 Å². The van der Waals surface area contributed by atoms with E-state index < -0.39 is 0 Å². The average molecular weight is 359 g/mol. The standard InChI is InChI=1S/C21H21N5O/c1-14-12-19-24-18(15-6-4-3-5-7-15)13-20(26(19)25-14)23-17-10-8-16(9-11-17)21(27)22-2/h3-14,23,25H,1-2H3,(H,22,27). The number of hydrogen-bond donors (Lipinski definition) is 3. The lowest BCUT2D eigenvalue weighted by Gasteiger charge is -2.28. The fourth-order valence-electron chi connectivity index (χ4n) is 3.08. The number of carbonyl (C=O) groups is 1. The second-order valence-corrected chi connectivity index (χ2v) is 6.45. The van der Waals surface area contributed by atoms with E-state index in [0.29, 0.717) is 5.56 Å². The van der Waals surface area contributed by atoms with Gasteiger partial charge in [0.25, 0.3) is 5.91 Å². The summed E-state index contributed by atoms with van der Waals surface area (Å²) in [5, 5.41) is 8.01. The quantitative estimate of drug-likeness (QED) is 0.785. The van der Waals surface area contributed by atoms with Crippen LogP contribution in [0, 0.1) is 0 Å². The van der Waals surface area contributed by atoms with Gasteiger partial charge in [-0.15, -0.1) is 0 Å². The van der Waals surface area contributed by atoms with Crippen LogP contribution in [0.1, 0.15) is 22.8 Å². The Balaban J connectivity index is 1.64. The minimum absolute atomic E-state index is 0.0998. The molecule has 4 rings (SSSR count). The summed E-state index contributed by atoms with van der Waals surface area (Å²) in [7, 11) is 1.62. The lowest BCUT2D eigenvalue weighted by Crippen LogP contribution is -2.39. The molecule has 0 saturated carbocycles. The Labute approximate surface area is 158 Å². The summed E-state index contributed by atoms with van der Waals surface area (Å²) in [5.41, 5.74) is 6.86. The van der Waals surface area contributed by atoms with E-state index in [1.165, 1.54) is 0 Å². The number of amides is 1. The molecule has 3 N–H and O–H groups in total. The predicted molar refractivity (Wildman–Crippen MR) is 107 cm³/mol. The molecule has 0 bridgehead atoms. The Bertz CT molecular complexity index is 944. The summed E-state index contributed by atoms with van der Waals surface area (Å²) in [5.74, 6) is 1.65. The summed E-state index contributed by atoms with van der Waals surface area (Å²) in [4.78, 5) is 16.5. The number of nitrogens with zero attached hydrogens (tertiary/aromatic N) is 2. The number of rotatable bonds is 4. The van der Waals surface area contributed by atoms with Gasteiger partial charge in [0.15, 0.2) is 0 Å². The van der Waals surface area contributed by atoms with Crippen LogP contribution in [-0.2, 0) is 0 Å². The van der Waals surface area contributed by atoms with Gasteiger partial charge in [0, 0.05) is 36.0 Å². The molecule has 0 spiro atoms. The van der Waals surface area contributed by atoms with Crippen LogP contribution in [0.5, 0.6) is 0 Å². The lowest BCUT2D eigenvalue weighted by molar-refractivity contribution is 0.0963. The summed E-state index contributed by atoms with van der Waals surface area (Å²) in [6, 6.07) is 17.7. The zero-order valence-corrected chi connectivity index (χ0v) is 15.2. The van der Waals surface area contributed by atoms with E-state index in [2.05, 4.69) is 29.1 Å². The van der Waals surface area contributed by atoms with E-state index in [1.807, 2.05) is 53.5 Å². The number of anilines is 1. The molecule has 1 amide bonds. The van der Waals surface area contributed by atoms with Crippen molar-refractivity contribution < 1.29 is 4.79 Å². The molecule has 27 heavy (non-hydrogen) atoms. The highest BCUT2D eigenvalue weighted by molar-refractivity contribution is 6.10. The first-order valence-corrected chi connectivity index (χ1v) is 8.87. The molecule has 1 atom stereocenters. The number of fused-ring (bicyclic) bond motifs is 1. The number of hydrazine groups is 1. The van der Waals surface area contributed by atoms with Crippen molar-refractivity contribution >= 4 is 17.3 Å². The van der Waals surface area contributed by atoms with Crippen molar-refractivity contribution in [2.75, 3.05) is 12.4 Å². The molecule has 0 aromatic heterocycles. The topological polar surface area (TPSA) is 68.8 Å². The first-order valence-electron chi connectivity index (χ1n) is 8.87. The Morgan fingerprint density at radius 1 is 1.11 bits per heavy atom. The normalized spacial score (nSPS) is 18.2. The zero-order valence-electron chi connectivity index (χ0n) is 15.2. The van der Waals surface area contributed by atoms with Crippen molar-refractivity contribution in [2.45, 2.75) is 13.0 Å². The number of hydrogen-bond acceptors (Lipinski definition) is 5. The second kappa shape index (κ2) is 7.09. The highest BCUT2D eigenvalue weighted by atomic mass is 16.1. The molecule has 2 aliphatic rings. The van der Waals surface area contributed by atoms with E-state index in [0.717, 1.165) is 28.6 Å². The molecule has 2 heterocycles. The van der Waals surface area contributed by atoms with E-state index in [9.17, 15) is 4.79 Å². The van der Waals surface area contributed by atoms with Gasteiger partial charge < -0.3 is 10.6 Å². The molecule has 0 radical (unpaired) electrons. The monoisotopic (exact) mass is 359 g/mol. The molecular weight excluding hydrogens is 338 g/mol. The van der Waals surface area contributed by atoms with Gasteiger partial charge in [-0.2, -0.15) is 0 Å². The third-order valence-corrected chi connectivity index (χ3v) is 4.43. The van der Waals surface area contributed by atoms with Crippen molar-refractivity contribution in [3.8, 4) is 0 Å².